The smallest absolute Gasteiger partial charge is 0.410 e. The molecule has 130 valence electrons. The third-order valence-electron chi connectivity index (χ3n) is 4.97. The predicted molar refractivity (Wildman–Crippen MR) is 90.7 cm³/mol. The fourth-order valence-corrected chi connectivity index (χ4v) is 3.73. The number of ketones is 1. The predicted octanol–water partition coefficient (Wildman–Crippen LogP) is 3.55. The van der Waals surface area contributed by atoms with E-state index in [-0.39, 0.29) is 17.3 Å². The van der Waals surface area contributed by atoms with Gasteiger partial charge in [-0.3, -0.25) is 4.79 Å². The van der Waals surface area contributed by atoms with Crippen molar-refractivity contribution in [3.05, 3.63) is 29.3 Å². The van der Waals surface area contributed by atoms with Gasteiger partial charge in [0.2, 0.25) is 0 Å². The van der Waals surface area contributed by atoms with Crippen LogP contribution in [0.25, 0.3) is 0 Å². The van der Waals surface area contributed by atoms with E-state index in [9.17, 15) is 9.59 Å². The summed E-state index contributed by atoms with van der Waals surface area (Å²) in [7, 11) is 1.61. The van der Waals surface area contributed by atoms with Crippen LogP contribution in [0.5, 0.6) is 5.75 Å². The number of amides is 1. The summed E-state index contributed by atoms with van der Waals surface area (Å²) in [6, 6.07) is 5.77. The van der Waals surface area contributed by atoms with Crippen LogP contribution in [-0.2, 0) is 10.2 Å². The summed E-state index contributed by atoms with van der Waals surface area (Å²) in [5, 5.41) is 0. The topological polar surface area (TPSA) is 55.8 Å². The number of hydrogen-bond donors (Lipinski definition) is 0. The second kappa shape index (κ2) is 5.80. The zero-order valence-corrected chi connectivity index (χ0v) is 14.8. The van der Waals surface area contributed by atoms with Crippen molar-refractivity contribution < 1.29 is 19.1 Å². The fourth-order valence-electron chi connectivity index (χ4n) is 3.73. The van der Waals surface area contributed by atoms with E-state index in [2.05, 4.69) is 0 Å². The highest BCUT2D eigenvalue weighted by Gasteiger charge is 2.46. The minimum atomic E-state index is -0.487. The number of rotatable bonds is 1. The van der Waals surface area contributed by atoms with E-state index in [1.807, 2.05) is 39.0 Å². The van der Waals surface area contributed by atoms with Gasteiger partial charge in [0, 0.05) is 30.5 Å². The molecule has 1 aromatic carbocycles. The zero-order chi connectivity index (χ0) is 17.5. The van der Waals surface area contributed by atoms with Crippen molar-refractivity contribution in [2.75, 3.05) is 20.2 Å². The molecule has 0 atom stereocenters. The van der Waals surface area contributed by atoms with E-state index in [0.717, 1.165) is 24.0 Å². The molecule has 0 saturated carbocycles. The lowest BCUT2D eigenvalue weighted by Crippen LogP contribution is -2.46. The number of methoxy groups -OCH3 is 1. The van der Waals surface area contributed by atoms with Crippen molar-refractivity contribution in [3.63, 3.8) is 0 Å². The van der Waals surface area contributed by atoms with Crippen molar-refractivity contribution in [1.29, 1.82) is 0 Å². The largest absolute Gasteiger partial charge is 0.497 e. The number of hydrogen-bond acceptors (Lipinski definition) is 4. The summed E-state index contributed by atoms with van der Waals surface area (Å²) >= 11 is 0. The van der Waals surface area contributed by atoms with Crippen LogP contribution in [0.3, 0.4) is 0 Å². The highest BCUT2D eigenvalue weighted by Crippen LogP contribution is 2.47. The lowest BCUT2D eigenvalue weighted by Gasteiger charge is -2.40. The Bertz CT molecular complexity index is 666. The summed E-state index contributed by atoms with van der Waals surface area (Å²) in [6.07, 6.45) is 1.84. The van der Waals surface area contributed by atoms with Gasteiger partial charge >= 0.3 is 6.09 Å². The zero-order valence-electron chi connectivity index (χ0n) is 14.8. The molecule has 1 heterocycles. The maximum atomic E-state index is 12.4. The van der Waals surface area contributed by atoms with Gasteiger partial charge in [-0.15, -0.1) is 0 Å². The molecule has 0 radical (unpaired) electrons. The number of Topliss-reactive ketones (excluding diaryl/α,β-unsaturated/α-hetero) is 1. The fraction of sp³-hybridized carbons (Fsp3) is 0.579. The van der Waals surface area contributed by atoms with Gasteiger partial charge in [-0.1, -0.05) is 6.07 Å². The van der Waals surface area contributed by atoms with Crippen LogP contribution < -0.4 is 4.74 Å². The van der Waals surface area contributed by atoms with Crippen LogP contribution in [0.15, 0.2) is 18.2 Å². The van der Waals surface area contributed by atoms with Gasteiger partial charge in [0.25, 0.3) is 0 Å². The number of carbonyl (C=O) groups is 2. The van der Waals surface area contributed by atoms with Crippen LogP contribution in [0.2, 0.25) is 0 Å². The molecular weight excluding hydrogens is 306 g/mol. The lowest BCUT2D eigenvalue weighted by molar-refractivity contribution is 0.0166. The Morgan fingerprint density at radius 2 is 1.88 bits per heavy atom. The minimum absolute atomic E-state index is 0.142. The molecule has 1 aliphatic carbocycles. The van der Waals surface area contributed by atoms with Crippen molar-refractivity contribution >= 4 is 11.9 Å². The minimum Gasteiger partial charge on any atom is -0.497 e. The van der Waals surface area contributed by atoms with Crippen molar-refractivity contribution in [1.82, 2.24) is 4.90 Å². The summed E-state index contributed by atoms with van der Waals surface area (Å²) in [5.41, 5.74) is 1.26. The van der Waals surface area contributed by atoms with E-state index >= 15 is 0 Å². The SMILES string of the molecule is COc1ccc2c(c1)C(=O)CC21CCN(C(=O)OC(C)(C)C)CC1. The molecule has 1 aromatic rings. The van der Waals surface area contributed by atoms with Gasteiger partial charge in [-0.25, -0.2) is 4.79 Å². The summed E-state index contributed by atoms with van der Waals surface area (Å²) in [4.78, 5) is 26.4. The summed E-state index contributed by atoms with van der Waals surface area (Å²) < 4.78 is 10.7. The molecule has 1 amide bonds. The molecule has 2 aliphatic rings. The van der Waals surface area contributed by atoms with E-state index < -0.39 is 5.60 Å². The average molecular weight is 331 g/mol. The van der Waals surface area contributed by atoms with Crippen molar-refractivity contribution in [3.8, 4) is 5.75 Å². The van der Waals surface area contributed by atoms with Gasteiger partial charge in [0.05, 0.1) is 7.11 Å². The second-order valence-corrected chi connectivity index (χ2v) is 7.76. The Morgan fingerprint density at radius 1 is 1.21 bits per heavy atom. The van der Waals surface area contributed by atoms with Crippen LogP contribution in [0.1, 0.15) is 56.0 Å². The average Bonchev–Trinajstić information content (AvgIpc) is 2.78. The number of fused-ring (bicyclic) bond motifs is 2. The first-order chi connectivity index (χ1) is 11.2. The van der Waals surface area contributed by atoms with Crippen LogP contribution in [0, 0.1) is 0 Å². The van der Waals surface area contributed by atoms with Gasteiger partial charge in [-0.2, -0.15) is 0 Å². The molecule has 0 bridgehead atoms. The van der Waals surface area contributed by atoms with Crippen molar-refractivity contribution in [2.24, 2.45) is 0 Å². The van der Waals surface area contributed by atoms with Gasteiger partial charge < -0.3 is 14.4 Å². The Kier molecular flexibility index (Phi) is 4.06. The number of ether oxygens (including phenoxy) is 2. The lowest BCUT2D eigenvalue weighted by atomic mass is 9.74. The Labute approximate surface area is 142 Å². The third-order valence-corrected chi connectivity index (χ3v) is 4.97. The van der Waals surface area contributed by atoms with E-state index in [1.54, 1.807) is 12.0 Å². The Balaban J connectivity index is 1.75. The number of likely N-dealkylation sites (tertiary alicyclic amines) is 1. The number of piperidine rings is 1. The molecule has 1 fully saturated rings. The van der Waals surface area contributed by atoms with Gasteiger partial charge in [0.1, 0.15) is 11.4 Å². The quantitative estimate of drug-likeness (QED) is 0.790. The molecule has 3 rings (SSSR count). The maximum absolute atomic E-state index is 12.4. The van der Waals surface area contributed by atoms with Gasteiger partial charge in [-0.05, 0) is 51.3 Å². The van der Waals surface area contributed by atoms with Crippen LogP contribution in [-0.4, -0.2) is 42.6 Å². The molecule has 5 heteroatoms. The molecule has 5 nitrogen and oxygen atoms in total. The molecule has 1 spiro atoms. The first-order valence-electron chi connectivity index (χ1n) is 8.44. The monoisotopic (exact) mass is 331 g/mol. The molecule has 1 saturated heterocycles. The summed E-state index contributed by atoms with van der Waals surface area (Å²) in [6.45, 7) is 6.85. The van der Waals surface area contributed by atoms with Crippen LogP contribution in [0.4, 0.5) is 4.79 Å². The highest BCUT2D eigenvalue weighted by molar-refractivity contribution is 6.02. The molecule has 1 aliphatic heterocycles. The molecule has 24 heavy (non-hydrogen) atoms. The van der Waals surface area contributed by atoms with Crippen molar-refractivity contribution in [2.45, 2.75) is 51.0 Å². The van der Waals surface area contributed by atoms with Crippen LogP contribution >= 0.6 is 0 Å². The normalized spacial score (nSPS) is 19.3. The summed E-state index contributed by atoms with van der Waals surface area (Å²) in [5.74, 6) is 0.889. The molecule has 0 aromatic heterocycles. The van der Waals surface area contributed by atoms with E-state index in [4.69, 9.17) is 9.47 Å². The van der Waals surface area contributed by atoms with E-state index in [0.29, 0.717) is 25.3 Å². The van der Waals surface area contributed by atoms with E-state index in [1.165, 1.54) is 0 Å². The highest BCUT2D eigenvalue weighted by atomic mass is 16.6. The molecule has 0 N–H and O–H groups in total. The standard InChI is InChI=1S/C19H25NO4/c1-18(2,3)24-17(22)20-9-7-19(8-10-20)12-16(21)14-11-13(23-4)5-6-15(14)19/h5-6,11H,7-10,12H2,1-4H3. The molecular formula is C19H25NO4. The van der Waals surface area contributed by atoms with Gasteiger partial charge in [0.15, 0.2) is 5.78 Å². The number of carbonyl (C=O) groups excluding carboxylic acids is 2. The first kappa shape index (κ1) is 16.8. The maximum Gasteiger partial charge on any atom is 0.410 e. The third kappa shape index (κ3) is 2.99. The Hall–Kier alpha value is -2.04. The number of nitrogens with zero attached hydrogens (tertiary/aromatic N) is 1. The molecule has 0 unspecified atom stereocenters. The number of benzene rings is 1. The Morgan fingerprint density at radius 3 is 2.46 bits per heavy atom. The first-order valence-corrected chi connectivity index (χ1v) is 8.44. The second-order valence-electron chi connectivity index (χ2n) is 7.76.